The molecule has 0 amide bonds. The number of methoxy groups -OCH3 is 1. The van der Waals surface area contributed by atoms with Gasteiger partial charge in [-0.15, -0.1) is 0 Å². The van der Waals surface area contributed by atoms with Gasteiger partial charge in [0.1, 0.15) is 0 Å². The van der Waals surface area contributed by atoms with Gasteiger partial charge in [0.25, 0.3) is 0 Å². The fourth-order valence-corrected chi connectivity index (χ4v) is 4.10. The highest BCUT2D eigenvalue weighted by Crippen LogP contribution is 2.23. The van der Waals surface area contributed by atoms with E-state index < -0.39 is 10.0 Å². The zero-order chi connectivity index (χ0) is 17.7. The van der Waals surface area contributed by atoms with Gasteiger partial charge in [0.05, 0.1) is 11.5 Å². The van der Waals surface area contributed by atoms with E-state index in [-0.39, 0.29) is 18.0 Å². The van der Waals surface area contributed by atoms with Crippen molar-refractivity contribution >= 4 is 20.8 Å². The van der Waals surface area contributed by atoms with E-state index in [0.717, 1.165) is 16.3 Å². The highest BCUT2D eigenvalue weighted by molar-refractivity contribution is 7.89. The van der Waals surface area contributed by atoms with Gasteiger partial charge in [-0.3, -0.25) is 4.98 Å². The number of sulfonamides is 1. The predicted octanol–water partition coefficient (Wildman–Crippen LogP) is 3.07. The smallest absolute Gasteiger partial charge is 0.243 e. The van der Waals surface area contributed by atoms with Crippen LogP contribution >= 0.6 is 0 Å². The van der Waals surface area contributed by atoms with Crippen LogP contribution in [0, 0.1) is 0 Å². The highest BCUT2D eigenvalue weighted by atomic mass is 32.2. The lowest BCUT2D eigenvalue weighted by molar-refractivity contribution is 0.177. The zero-order valence-electron chi connectivity index (χ0n) is 14.0. The number of hydrogen-bond acceptors (Lipinski definition) is 4. The molecule has 0 bridgehead atoms. The molecule has 0 aliphatic rings. The fraction of sp³-hybridized carbons (Fsp3) is 0.211. The van der Waals surface area contributed by atoms with Crippen LogP contribution in [0.4, 0.5) is 0 Å². The average molecular weight is 356 g/mol. The van der Waals surface area contributed by atoms with Crippen LogP contribution in [0.3, 0.4) is 0 Å². The van der Waals surface area contributed by atoms with Gasteiger partial charge in [-0.2, -0.15) is 4.31 Å². The van der Waals surface area contributed by atoms with Crippen molar-refractivity contribution < 1.29 is 13.2 Å². The van der Waals surface area contributed by atoms with Crippen LogP contribution in [-0.4, -0.2) is 38.0 Å². The molecule has 0 saturated heterocycles. The summed E-state index contributed by atoms with van der Waals surface area (Å²) in [5.41, 5.74) is 0.836. The lowest BCUT2D eigenvalue weighted by Crippen LogP contribution is -2.33. The Hall–Kier alpha value is -2.28. The van der Waals surface area contributed by atoms with E-state index in [2.05, 4.69) is 4.98 Å². The minimum atomic E-state index is -3.64. The molecule has 0 unspecified atom stereocenters. The summed E-state index contributed by atoms with van der Waals surface area (Å²) in [6, 6.07) is 16.6. The number of fused-ring (bicyclic) bond motifs is 1. The van der Waals surface area contributed by atoms with E-state index in [9.17, 15) is 8.42 Å². The lowest BCUT2D eigenvalue weighted by atomic mass is 10.1. The molecule has 1 heterocycles. The lowest BCUT2D eigenvalue weighted by Gasteiger charge is -2.22. The zero-order valence-corrected chi connectivity index (χ0v) is 14.8. The topological polar surface area (TPSA) is 59.5 Å². The van der Waals surface area contributed by atoms with Crippen molar-refractivity contribution in [2.75, 3.05) is 20.3 Å². The summed E-state index contributed by atoms with van der Waals surface area (Å²) in [6.07, 6.45) is 3.34. The number of benzene rings is 2. The van der Waals surface area contributed by atoms with Crippen LogP contribution in [0.2, 0.25) is 0 Å². The molecule has 1 aromatic heterocycles. The van der Waals surface area contributed by atoms with Crippen molar-refractivity contribution in [3.05, 3.63) is 72.6 Å². The molecule has 25 heavy (non-hydrogen) atoms. The number of pyridine rings is 1. The van der Waals surface area contributed by atoms with Gasteiger partial charge in [-0.05, 0) is 34.5 Å². The first kappa shape index (κ1) is 17.5. The summed E-state index contributed by atoms with van der Waals surface area (Å²) in [4.78, 5) is 4.34. The van der Waals surface area contributed by atoms with Gasteiger partial charge in [-0.1, -0.05) is 36.4 Å². The molecule has 5 nitrogen and oxygen atoms in total. The summed E-state index contributed by atoms with van der Waals surface area (Å²) in [6.45, 7) is 0.861. The van der Waals surface area contributed by atoms with Crippen molar-refractivity contribution in [3.8, 4) is 0 Å². The van der Waals surface area contributed by atoms with Crippen molar-refractivity contribution in [2.24, 2.45) is 0 Å². The molecule has 2 aromatic carbocycles. The standard InChI is InChI=1S/C19H20N2O3S/c1-24-12-11-21(15-16-5-4-10-20-14-16)25(22,23)19-9-8-17-6-2-3-7-18(17)13-19/h2-10,13-14H,11-12,15H2,1H3. The van der Waals surface area contributed by atoms with Gasteiger partial charge < -0.3 is 4.74 Å². The third-order valence-corrected chi connectivity index (χ3v) is 5.83. The van der Waals surface area contributed by atoms with Crippen LogP contribution < -0.4 is 0 Å². The van der Waals surface area contributed by atoms with E-state index in [4.69, 9.17) is 4.74 Å². The second-order valence-corrected chi connectivity index (χ2v) is 7.64. The van der Waals surface area contributed by atoms with E-state index in [1.165, 1.54) is 4.31 Å². The SMILES string of the molecule is COCCN(Cc1cccnc1)S(=O)(=O)c1ccc2ccccc2c1. The van der Waals surface area contributed by atoms with E-state index in [1.807, 2.05) is 36.4 Å². The van der Waals surface area contributed by atoms with E-state index in [0.29, 0.717) is 6.61 Å². The van der Waals surface area contributed by atoms with E-state index >= 15 is 0 Å². The fourth-order valence-electron chi connectivity index (χ4n) is 2.65. The normalized spacial score (nSPS) is 11.9. The average Bonchev–Trinajstić information content (AvgIpc) is 2.65. The molecule has 0 fully saturated rings. The van der Waals surface area contributed by atoms with Gasteiger partial charge in [0.15, 0.2) is 0 Å². The Morgan fingerprint density at radius 2 is 1.84 bits per heavy atom. The number of rotatable bonds is 7. The molecule has 0 N–H and O–H groups in total. The molecule has 0 aliphatic carbocycles. The van der Waals surface area contributed by atoms with Crippen LogP contribution in [0.15, 0.2) is 71.9 Å². The maximum atomic E-state index is 13.1. The Morgan fingerprint density at radius 1 is 1.04 bits per heavy atom. The van der Waals surface area contributed by atoms with Gasteiger partial charge in [0, 0.05) is 32.6 Å². The number of hydrogen-bond donors (Lipinski definition) is 0. The number of ether oxygens (including phenoxy) is 1. The minimum Gasteiger partial charge on any atom is -0.383 e. The first-order valence-corrected chi connectivity index (χ1v) is 9.42. The molecule has 0 aliphatic heterocycles. The Morgan fingerprint density at radius 3 is 2.56 bits per heavy atom. The summed E-state index contributed by atoms with van der Waals surface area (Å²) in [7, 11) is -2.08. The van der Waals surface area contributed by atoms with Gasteiger partial charge in [0.2, 0.25) is 10.0 Å². The predicted molar refractivity (Wildman–Crippen MR) is 97.7 cm³/mol. The highest BCUT2D eigenvalue weighted by Gasteiger charge is 2.24. The van der Waals surface area contributed by atoms with Gasteiger partial charge in [-0.25, -0.2) is 8.42 Å². The molecule has 3 rings (SSSR count). The van der Waals surface area contributed by atoms with Crippen molar-refractivity contribution in [3.63, 3.8) is 0 Å². The third kappa shape index (κ3) is 4.04. The summed E-state index contributed by atoms with van der Waals surface area (Å²) < 4.78 is 32.8. The Labute approximate surface area is 147 Å². The maximum absolute atomic E-state index is 13.1. The minimum absolute atomic E-state index is 0.256. The molecule has 0 atom stereocenters. The largest absolute Gasteiger partial charge is 0.383 e. The molecule has 130 valence electrons. The molecule has 0 saturated carbocycles. The van der Waals surface area contributed by atoms with Crippen molar-refractivity contribution in [2.45, 2.75) is 11.4 Å². The van der Waals surface area contributed by atoms with Gasteiger partial charge >= 0.3 is 0 Å². The molecule has 6 heteroatoms. The van der Waals surface area contributed by atoms with E-state index in [1.54, 1.807) is 37.7 Å². The van der Waals surface area contributed by atoms with Crippen LogP contribution in [0.5, 0.6) is 0 Å². The van der Waals surface area contributed by atoms with Crippen LogP contribution in [0.25, 0.3) is 10.8 Å². The molecule has 0 spiro atoms. The Balaban J connectivity index is 1.96. The quantitative estimate of drug-likeness (QED) is 0.653. The van der Waals surface area contributed by atoms with Crippen LogP contribution in [-0.2, 0) is 21.3 Å². The monoisotopic (exact) mass is 356 g/mol. The molecule has 3 aromatic rings. The maximum Gasteiger partial charge on any atom is 0.243 e. The molecular formula is C19H20N2O3S. The van der Waals surface area contributed by atoms with Crippen LogP contribution in [0.1, 0.15) is 5.56 Å². The van der Waals surface area contributed by atoms with Crippen molar-refractivity contribution in [1.29, 1.82) is 0 Å². The second-order valence-electron chi connectivity index (χ2n) is 5.70. The molecule has 0 radical (unpaired) electrons. The first-order valence-electron chi connectivity index (χ1n) is 7.98. The Bertz CT molecular complexity index is 943. The third-order valence-electron chi connectivity index (χ3n) is 3.99. The number of nitrogens with zero attached hydrogens (tertiary/aromatic N) is 2. The van der Waals surface area contributed by atoms with Crippen molar-refractivity contribution in [1.82, 2.24) is 9.29 Å². The Kier molecular flexibility index (Phi) is 5.43. The molecular weight excluding hydrogens is 336 g/mol. The number of aromatic nitrogens is 1. The summed E-state index contributed by atoms with van der Waals surface area (Å²) in [5, 5.41) is 1.91. The summed E-state index contributed by atoms with van der Waals surface area (Å²) >= 11 is 0. The second kappa shape index (κ2) is 7.74. The first-order chi connectivity index (χ1) is 12.1. The summed E-state index contributed by atoms with van der Waals surface area (Å²) in [5.74, 6) is 0.